The lowest BCUT2D eigenvalue weighted by Gasteiger charge is -2.12. The highest BCUT2D eigenvalue weighted by Gasteiger charge is 2.15. The van der Waals surface area contributed by atoms with E-state index in [4.69, 9.17) is 4.74 Å². The maximum absolute atomic E-state index is 12.3. The highest BCUT2D eigenvalue weighted by molar-refractivity contribution is 5.95. The molecule has 8 heteroatoms. The Morgan fingerprint density at radius 1 is 1.32 bits per heavy atom. The Kier molecular flexibility index (Phi) is 6.41. The Morgan fingerprint density at radius 3 is 2.84 bits per heavy atom. The van der Waals surface area contributed by atoms with E-state index in [2.05, 4.69) is 10.3 Å². The van der Waals surface area contributed by atoms with Crippen molar-refractivity contribution < 1.29 is 14.5 Å². The summed E-state index contributed by atoms with van der Waals surface area (Å²) in [6.07, 6.45) is 2.26. The van der Waals surface area contributed by atoms with Crippen LogP contribution in [0.4, 0.5) is 17.2 Å². The van der Waals surface area contributed by atoms with Crippen molar-refractivity contribution in [1.29, 1.82) is 0 Å². The van der Waals surface area contributed by atoms with Crippen molar-refractivity contribution in [2.75, 3.05) is 32.6 Å². The van der Waals surface area contributed by atoms with Crippen LogP contribution in [0.1, 0.15) is 16.8 Å². The monoisotopic (exact) mass is 344 g/mol. The van der Waals surface area contributed by atoms with Gasteiger partial charge in [0, 0.05) is 30.6 Å². The highest BCUT2D eigenvalue weighted by Crippen LogP contribution is 2.22. The first-order valence-corrected chi connectivity index (χ1v) is 7.75. The van der Waals surface area contributed by atoms with Crippen molar-refractivity contribution in [2.45, 2.75) is 6.42 Å². The van der Waals surface area contributed by atoms with E-state index in [9.17, 15) is 14.9 Å². The second-order valence-corrected chi connectivity index (χ2v) is 5.62. The standard InChI is InChI=1S/C17H20N4O4/c1-20(2)10-5-11-25-17(22)15-8-4-9-18-16(15)19-13-6-3-7-14(12-13)21(23)24/h3-4,6-9,12H,5,10-11H2,1-2H3,(H,18,19). The summed E-state index contributed by atoms with van der Waals surface area (Å²) in [4.78, 5) is 28.8. The van der Waals surface area contributed by atoms with E-state index in [-0.39, 0.29) is 11.3 Å². The van der Waals surface area contributed by atoms with Gasteiger partial charge in [-0.2, -0.15) is 0 Å². The molecule has 1 heterocycles. The molecule has 0 aliphatic rings. The molecule has 0 fully saturated rings. The molecular weight excluding hydrogens is 324 g/mol. The van der Waals surface area contributed by atoms with Crippen LogP contribution in [0.5, 0.6) is 0 Å². The molecule has 0 spiro atoms. The Balaban J connectivity index is 2.08. The van der Waals surface area contributed by atoms with Gasteiger partial charge in [0.2, 0.25) is 0 Å². The number of benzene rings is 1. The first-order chi connectivity index (χ1) is 12.0. The van der Waals surface area contributed by atoms with Crippen molar-refractivity contribution in [1.82, 2.24) is 9.88 Å². The Labute approximate surface area is 145 Å². The van der Waals surface area contributed by atoms with Gasteiger partial charge in [0.15, 0.2) is 0 Å². The van der Waals surface area contributed by atoms with Crippen molar-refractivity contribution in [3.05, 3.63) is 58.3 Å². The molecule has 2 rings (SSSR count). The number of pyridine rings is 1. The molecular formula is C17H20N4O4. The van der Waals surface area contributed by atoms with Crippen molar-refractivity contribution in [3.8, 4) is 0 Å². The van der Waals surface area contributed by atoms with Crippen LogP contribution in [-0.2, 0) is 4.74 Å². The molecule has 0 amide bonds. The molecule has 2 aromatic rings. The largest absolute Gasteiger partial charge is 0.462 e. The molecule has 8 nitrogen and oxygen atoms in total. The van der Waals surface area contributed by atoms with E-state index in [1.807, 2.05) is 19.0 Å². The summed E-state index contributed by atoms with van der Waals surface area (Å²) >= 11 is 0. The SMILES string of the molecule is CN(C)CCCOC(=O)c1cccnc1Nc1cccc([N+](=O)[O-])c1. The van der Waals surface area contributed by atoms with Crippen LogP contribution in [0.15, 0.2) is 42.6 Å². The van der Waals surface area contributed by atoms with Gasteiger partial charge < -0.3 is 15.0 Å². The molecule has 1 aromatic carbocycles. The molecule has 1 aromatic heterocycles. The number of nitro groups is 1. The maximum atomic E-state index is 12.3. The number of ether oxygens (including phenoxy) is 1. The molecule has 0 aliphatic carbocycles. The zero-order chi connectivity index (χ0) is 18.2. The minimum absolute atomic E-state index is 0.0475. The van der Waals surface area contributed by atoms with E-state index in [1.54, 1.807) is 24.3 Å². The number of anilines is 2. The summed E-state index contributed by atoms with van der Waals surface area (Å²) in [5.41, 5.74) is 0.696. The van der Waals surface area contributed by atoms with Crippen LogP contribution in [0.25, 0.3) is 0 Å². The number of hydrogen-bond donors (Lipinski definition) is 1. The average molecular weight is 344 g/mol. The number of aromatic nitrogens is 1. The van der Waals surface area contributed by atoms with Gasteiger partial charge in [-0.3, -0.25) is 10.1 Å². The molecule has 0 radical (unpaired) electrons. The number of non-ortho nitro benzene ring substituents is 1. The van der Waals surface area contributed by atoms with Crippen LogP contribution in [0.2, 0.25) is 0 Å². The Morgan fingerprint density at radius 2 is 2.12 bits per heavy atom. The van der Waals surface area contributed by atoms with Gasteiger partial charge >= 0.3 is 5.97 Å². The molecule has 0 saturated heterocycles. The number of carbonyl (C=O) groups excluding carboxylic acids is 1. The summed E-state index contributed by atoms with van der Waals surface area (Å²) in [6.45, 7) is 1.13. The minimum atomic E-state index is -0.486. The van der Waals surface area contributed by atoms with E-state index in [0.717, 1.165) is 13.0 Å². The highest BCUT2D eigenvalue weighted by atomic mass is 16.6. The van der Waals surface area contributed by atoms with Gasteiger partial charge in [0.1, 0.15) is 11.4 Å². The first kappa shape index (κ1) is 18.3. The second kappa shape index (κ2) is 8.74. The van der Waals surface area contributed by atoms with Gasteiger partial charge in [-0.25, -0.2) is 9.78 Å². The van der Waals surface area contributed by atoms with Crippen molar-refractivity contribution in [3.63, 3.8) is 0 Å². The van der Waals surface area contributed by atoms with Crippen molar-refractivity contribution >= 4 is 23.2 Å². The molecule has 0 aliphatic heterocycles. The normalized spacial score (nSPS) is 10.5. The van der Waals surface area contributed by atoms with E-state index in [1.165, 1.54) is 18.3 Å². The predicted molar refractivity (Wildman–Crippen MR) is 94.1 cm³/mol. The summed E-state index contributed by atoms with van der Waals surface area (Å²) in [5.74, 6) is -0.194. The van der Waals surface area contributed by atoms with E-state index >= 15 is 0 Å². The third-order valence-corrected chi connectivity index (χ3v) is 3.33. The molecule has 0 bridgehead atoms. The number of rotatable bonds is 8. The van der Waals surface area contributed by atoms with E-state index < -0.39 is 10.9 Å². The maximum Gasteiger partial charge on any atom is 0.341 e. The fraction of sp³-hybridized carbons (Fsp3) is 0.294. The zero-order valence-electron chi connectivity index (χ0n) is 14.1. The van der Waals surface area contributed by atoms with Gasteiger partial charge in [-0.15, -0.1) is 0 Å². The molecule has 0 unspecified atom stereocenters. The molecule has 0 saturated carbocycles. The molecule has 25 heavy (non-hydrogen) atoms. The van der Waals surface area contributed by atoms with Crippen LogP contribution < -0.4 is 5.32 Å². The first-order valence-electron chi connectivity index (χ1n) is 7.75. The number of nitro benzene ring substituents is 1. The lowest BCUT2D eigenvalue weighted by Crippen LogP contribution is -2.16. The third-order valence-electron chi connectivity index (χ3n) is 3.33. The fourth-order valence-electron chi connectivity index (χ4n) is 2.13. The van der Waals surface area contributed by atoms with Crippen molar-refractivity contribution in [2.24, 2.45) is 0 Å². The zero-order valence-corrected chi connectivity index (χ0v) is 14.1. The number of esters is 1. The smallest absolute Gasteiger partial charge is 0.341 e. The predicted octanol–water partition coefficient (Wildman–Crippen LogP) is 2.84. The topological polar surface area (TPSA) is 97.6 Å². The average Bonchev–Trinajstić information content (AvgIpc) is 2.59. The lowest BCUT2D eigenvalue weighted by atomic mass is 10.2. The summed E-state index contributed by atoms with van der Waals surface area (Å²) in [5, 5.41) is 13.8. The van der Waals surface area contributed by atoms with Gasteiger partial charge in [0.05, 0.1) is 11.5 Å². The minimum Gasteiger partial charge on any atom is -0.462 e. The Hall–Kier alpha value is -3.00. The molecule has 132 valence electrons. The summed E-state index contributed by atoms with van der Waals surface area (Å²) < 4.78 is 5.26. The van der Waals surface area contributed by atoms with Gasteiger partial charge in [0.25, 0.3) is 5.69 Å². The van der Waals surface area contributed by atoms with Crippen LogP contribution >= 0.6 is 0 Å². The van der Waals surface area contributed by atoms with Crippen LogP contribution in [0, 0.1) is 10.1 Å². The number of nitrogens with one attached hydrogen (secondary N) is 1. The van der Waals surface area contributed by atoms with Crippen LogP contribution in [-0.4, -0.2) is 48.0 Å². The van der Waals surface area contributed by atoms with Gasteiger partial charge in [-0.1, -0.05) is 6.07 Å². The van der Waals surface area contributed by atoms with Crippen LogP contribution in [0.3, 0.4) is 0 Å². The fourth-order valence-corrected chi connectivity index (χ4v) is 2.13. The third kappa shape index (κ3) is 5.54. The number of nitrogens with zero attached hydrogens (tertiary/aromatic N) is 3. The molecule has 0 atom stereocenters. The number of carbonyl (C=O) groups is 1. The summed E-state index contributed by atoms with van der Waals surface area (Å²) in [6, 6.07) is 9.22. The van der Waals surface area contributed by atoms with Gasteiger partial charge in [-0.05, 0) is 38.7 Å². The quantitative estimate of drug-likeness (QED) is 0.340. The lowest BCUT2D eigenvalue weighted by molar-refractivity contribution is -0.384. The van der Waals surface area contributed by atoms with E-state index in [0.29, 0.717) is 18.1 Å². The number of hydrogen-bond acceptors (Lipinski definition) is 7. The Bertz CT molecular complexity index is 749. The molecule has 1 N–H and O–H groups in total. The summed E-state index contributed by atoms with van der Waals surface area (Å²) in [7, 11) is 3.90. The second-order valence-electron chi connectivity index (χ2n) is 5.62.